The number of benzene rings is 2. The molecule has 0 aliphatic carbocycles. The smallest absolute Gasteiger partial charge is 0.231 e. The summed E-state index contributed by atoms with van der Waals surface area (Å²) in [6.07, 6.45) is 0. The van der Waals surface area contributed by atoms with E-state index in [1.54, 1.807) is 30.3 Å². The third kappa shape index (κ3) is 4.52. The van der Waals surface area contributed by atoms with E-state index in [1.807, 2.05) is 12.1 Å². The van der Waals surface area contributed by atoms with Gasteiger partial charge in [0.15, 0.2) is 28.8 Å². The number of rotatable bonds is 8. The van der Waals surface area contributed by atoms with E-state index in [1.165, 1.54) is 6.07 Å². The van der Waals surface area contributed by atoms with Gasteiger partial charge < -0.3 is 18.9 Å². The van der Waals surface area contributed by atoms with E-state index in [9.17, 15) is 14.9 Å². The number of thioether (sulfide) groups is 2. The number of hydrogen-bond acceptors (Lipinski definition) is 10. The number of ketones is 2. The van der Waals surface area contributed by atoms with Crippen molar-refractivity contribution in [2.24, 2.45) is 0 Å². The van der Waals surface area contributed by atoms with E-state index in [2.05, 4.69) is 0 Å². The number of carbonyl (C=O) groups excluding carboxylic acids is 2. The average Bonchev–Trinajstić information content (AvgIpc) is 3.48. The number of carbonyl (C=O) groups is 2. The van der Waals surface area contributed by atoms with Crippen molar-refractivity contribution in [3.05, 3.63) is 57.3 Å². The van der Waals surface area contributed by atoms with Crippen molar-refractivity contribution >= 4 is 35.1 Å². The van der Waals surface area contributed by atoms with Gasteiger partial charge in [-0.25, -0.2) is 0 Å². The molecule has 0 unspecified atom stereocenters. The van der Waals surface area contributed by atoms with Crippen molar-refractivity contribution in [1.82, 2.24) is 0 Å². The number of hydrogen-bond donors (Lipinski definition) is 0. The van der Waals surface area contributed by atoms with Gasteiger partial charge in [0.25, 0.3) is 0 Å². The Kier molecular flexibility index (Phi) is 6.55. The Hall–Kier alpha value is -3.60. The van der Waals surface area contributed by atoms with Crippen LogP contribution in [0.5, 0.6) is 23.0 Å². The van der Waals surface area contributed by atoms with Crippen molar-refractivity contribution in [3.8, 4) is 35.1 Å². The van der Waals surface area contributed by atoms with Crippen LogP contribution >= 0.6 is 23.5 Å². The number of fused-ring (bicyclic) bond motifs is 2. The normalized spacial score (nSPS) is 13.7. The second kappa shape index (κ2) is 9.69. The second-order valence-corrected chi connectivity index (χ2v) is 8.63. The fraction of sp³-hybridized carbons (Fsp3) is 0.182. The minimum absolute atomic E-state index is 0.0208. The molecule has 8 nitrogen and oxygen atoms in total. The standard InChI is InChI=1S/C22H14N2O6S2/c23-5-6-31-22(32-10-16(25)13-1-3-17-19(7-13)29-11-27-17)15(9-24)21(26)14-2-4-18-20(8-14)30-12-28-18/h1-4,7-8H,6,10-12H2/b22-15+. The maximum Gasteiger partial charge on any atom is 0.231 e. The van der Waals surface area contributed by atoms with Gasteiger partial charge in [0, 0.05) is 11.1 Å². The van der Waals surface area contributed by atoms with Crippen molar-refractivity contribution < 1.29 is 28.5 Å². The van der Waals surface area contributed by atoms with Gasteiger partial charge in [0.05, 0.1) is 21.8 Å². The van der Waals surface area contributed by atoms with Crippen LogP contribution in [0.4, 0.5) is 0 Å². The minimum Gasteiger partial charge on any atom is -0.454 e. The maximum atomic E-state index is 13.0. The van der Waals surface area contributed by atoms with Crippen LogP contribution in [0, 0.1) is 22.7 Å². The summed E-state index contributed by atoms with van der Waals surface area (Å²) < 4.78 is 21.4. The van der Waals surface area contributed by atoms with E-state index in [0.29, 0.717) is 32.8 Å². The Labute approximate surface area is 191 Å². The van der Waals surface area contributed by atoms with Gasteiger partial charge in [-0.05, 0) is 36.4 Å². The lowest BCUT2D eigenvalue weighted by atomic mass is 10.1. The molecule has 0 atom stereocenters. The molecule has 0 amide bonds. The zero-order valence-corrected chi connectivity index (χ0v) is 18.1. The molecule has 2 aliphatic rings. The Balaban J connectivity index is 1.55. The summed E-state index contributed by atoms with van der Waals surface area (Å²) in [5.41, 5.74) is 0.545. The molecule has 160 valence electrons. The summed E-state index contributed by atoms with van der Waals surface area (Å²) >= 11 is 2.09. The Morgan fingerprint density at radius 1 is 0.844 bits per heavy atom. The minimum atomic E-state index is -0.519. The van der Waals surface area contributed by atoms with Gasteiger partial charge in [-0.15, -0.1) is 23.5 Å². The van der Waals surface area contributed by atoms with Crippen LogP contribution in [0.15, 0.2) is 46.2 Å². The average molecular weight is 466 g/mol. The molecule has 32 heavy (non-hydrogen) atoms. The topological polar surface area (TPSA) is 119 Å². The van der Waals surface area contributed by atoms with Gasteiger partial charge in [-0.1, -0.05) is 0 Å². The number of nitrogens with zero attached hydrogens (tertiary/aromatic N) is 2. The molecule has 2 heterocycles. The number of nitriles is 2. The summed E-state index contributed by atoms with van der Waals surface area (Å²) in [4.78, 5) is 25.7. The highest BCUT2D eigenvalue weighted by Crippen LogP contribution is 2.37. The van der Waals surface area contributed by atoms with Gasteiger partial charge >= 0.3 is 0 Å². The molecule has 0 saturated carbocycles. The molecule has 0 spiro atoms. The van der Waals surface area contributed by atoms with Gasteiger partial charge in [0.1, 0.15) is 11.6 Å². The summed E-state index contributed by atoms with van der Waals surface area (Å²) in [5.74, 6) is 1.28. The van der Waals surface area contributed by atoms with E-state index >= 15 is 0 Å². The maximum absolute atomic E-state index is 13.0. The first-order valence-electron chi connectivity index (χ1n) is 9.25. The first-order valence-corrected chi connectivity index (χ1v) is 11.2. The first kappa shape index (κ1) is 21.6. The molecule has 10 heteroatoms. The van der Waals surface area contributed by atoms with Crippen molar-refractivity contribution in [1.29, 1.82) is 10.5 Å². The molecule has 0 fully saturated rings. The Morgan fingerprint density at radius 3 is 2.06 bits per heavy atom. The van der Waals surface area contributed by atoms with E-state index in [4.69, 9.17) is 24.2 Å². The van der Waals surface area contributed by atoms with E-state index < -0.39 is 5.78 Å². The number of Topliss-reactive ketones (excluding diaryl/α,β-unsaturated/α-hetero) is 2. The molecule has 0 saturated heterocycles. The van der Waals surface area contributed by atoms with Crippen LogP contribution in [0.25, 0.3) is 0 Å². The lowest BCUT2D eigenvalue weighted by molar-refractivity contribution is 0.101. The fourth-order valence-corrected chi connectivity index (χ4v) is 4.82. The highest BCUT2D eigenvalue weighted by Gasteiger charge is 2.23. The molecule has 2 aromatic rings. The quantitative estimate of drug-likeness (QED) is 0.321. The lowest BCUT2D eigenvalue weighted by Crippen LogP contribution is -2.06. The van der Waals surface area contributed by atoms with Crippen molar-refractivity contribution in [2.75, 3.05) is 25.1 Å². The van der Waals surface area contributed by atoms with Crippen LogP contribution < -0.4 is 18.9 Å². The molecule has 2 aliphatic heterocycles. The molecule has 0 radical (unpaired) electrons. The van der Waals surface area contributed by atoms with Crippen LogP contribution in [-0.2, 0) is 0 Å². The monoisotopic (exact) mass is 466 g/mol. The molecule has 0 bridgehead atoms. The molecular formula is C22H14N2O6S2. The number of allylic oxidation sites excluding steroid dienone is 1. The van der Waals surface area contributed by atoms with Crippen LogP contribution in [0.3, 0.4) is 0 Å². The lowest BCUT2D eigenvalue weighted by Gasteiger charge is -2.09. The summed E-state index contributed by atoms with van der Waals surface area (Å²) in [7, 11) is 0. The zero-order chi connectivity index (χ0) is 22.5. The van der Waals surface area contributed by atoms with Gasteiger partial charge in [-0.2, -0.15) is 10.5 Å². The van der Waals surface area contributed by atoms with Crippen molar-refractivity contribution in [2.45, 2.75) is 0 Å². The fourth-order valence-electron chi connectivity index (χ4n) is 2.94. The highest BCUT2D eigenvalue weighted by molar-refractivity contribution is 8.22. The summed E-state index contributed by atoms with van der Waals surface area (Å²) in [6.45, 7) is 0.169. The van der Waals surface area contributed by atoms with E-state index in [0.717, 1.165) is 23.5 Å². The first-order chi connectivity index (χ1) is 15.6. The SMILES string of the molecule is N#CCS/C(SCC(=O)c1ccc2c(c1)OCO2)=C(/C#N)C(=O)c1ccc2c(c1)OCO2. The molecule has 0 aromatic heterocycles. The summed E-state index contributed by atoms with van der Waals surface area (Å²) in [6, 6.07) is 13.5. The predicted molar refractivity (Wildman–Crippen MR) is 117 cm³/mol. The highest BCUT2D eigenvalue weighted by atomic mass is 32.2. The third-order valence-corrected chi connectivity index (χ3v) is 6.79. The molecule has 0 N–H and O–H groups in total. The van der Waals surface area contributed by atoms with Crippen LogP contribution in [-0.4, -0.2) is 36.7 Å². The zero-order valence-electron chi connectivity index (χ0n) is 16.5. The van der Waals surface area contributed by atoms with Crippen LogP contribution in [0.1, 0.15) is 20.7 Å². The van der Waals surface area contributed by atoms with Gasteiger partial charge in [-0.3, -0.25) is 9.59 Å². The summed E-state index contributed by atoms with van der Waals surface area (Å²) in [5, 5.41) is 18.7. The van der Waals surface area contributed by atoms with Gasteiger partial charge in [0.2, 0.25) is 19.4 Å². The third-order valence-electron chi connectivity index (χ3n) is 4.47. The molecule has 4 rings (SSSR count). The molecule has 2 aromatic carbocycles. The number of ether oxygens (including phenoxy) is 4. The van der Waals surface area contributed by atoms with E-state index in [-0.39, 0.29) is 42.0 Å². The largest absolute Gasteiger partial charge is 0.454 e. The molecular weight excluding hydrogens is 452 g/mol. The second-order valence-electron chi connectivity index (χ2n) is 6.40. The van der Waals surface area contributed by atoms with Crippen LogP contribution in [0.2, 0.25) is 0 Å². The Morgan fingerprint density at radius 2 is 1.44 bits per heavy atom. The predicted octanol–water partition coefficient (Wildman–Crippen LogP) is 3.93. The van der Waals surface area contributed by atoms with Crippen molar-refractivity contribution in [3.63, 3.8) is 0 Å². The Bertz CT molecular complexity index is 1210.